The number of carbonyl (C=O) groups excluding carboxylic acids is 2. The molecule has 3 aromatic carbocycles. The summed E-state index contributed by atoms with van der Waals surface area (Å²) in [5.41, 5.74) is 3.03. The Labute approximate surface area is 226 Å². The molecule has 0 heterocycles. The van der Waals surface area contributed by atoms with Crippen molar-refractivity contribution in [1.82, 2.24) is 10.2 Å². The van der Waals surface area contributed by atoms with Gasteiger partial charge in [0.2, 0.25) is 5.91 Å². The lowest BCUT2D eigenvalue weighted by Crippen LogP contribution is -2.51. The van der Waals surface area contributed by atoms with E-state index in [1.54, 1.807) is 23.1 Å². The van der Waals surface area contributed by atoms with E-state index in [4.69, 9.17) is 16.3 Å². The second-order valence-electron chi connectivity index (χ2n) is 8.72. The SMILES string of the molecule is CCCCNC(=O)C(Cc1ccccc1)N(Cc1cccc(C)c1)C(=O)COc1ccc(Cl)cc1Br. The standard InChI is InChI=1S/C29H32BrClN2O3/c1-3-4-15-32-29(35)26(17-22-10-6-5-7-11-22)33(19-23-12-8-9-21(2)16-23)28(34)20-36-27-14-13-24(31)18-25(27)30/h5-14,16,18,26H,3-4,15,17,19-20H2,1-2H3,(H,32,35). The largest absolute Gasteiger partial charge is 0.483 e. The van der Waals surface area contributed by atoms with E-state index in [2.05, 4.69) is 28.2 Å². The summed E-state index contributed by atoms with van der Waals surface area (Å²) in [6, 6.07) is 22.2. The number of hydrogen-bond acceptors (Lipinski definition) is 3. The summed E-state index contributed by atoms with van der Waals surface area (Å²) in [5.74, 6) is 0.0705. The molecule has 0 aliphatic carbocycles. The van der Waals surface area contributed by atoms with Crippen LogP contribution in [0.3, 0.4) is 0 Å². The number of aryl methyl sites for hydroxylation is 1. The Morgan fingerprint density at radius 3 is 2.47 bits per heavy atom. The summed E-state index contributed by atoms with van der Waals surface area (Å²) in [4.78, 5) is 28.7. The molecule has 2 amide bonds. The zero-order chi connectivity index (χ0) is 25.9. The van der Waals surface area contributed by atoms with Gasteiger partial charge in [-0.3, -0.25) is 9.59 Å². The van der Waals surface area contributed by atoms with Gasteiger partial charge < -0.3 is 15.0 Å². The summed E-state index contributed by atoms with van der Waals surface area (Å²) < 4.78 is 6.50. The third-order valence-corrected chi connectivity index (χ3v) is 6.64. The van der Waals surface area contributed by atoms with Gasteiger partial charge in [0.25, 0.3) is 5.91 Å². The molecule has 0 fully saturated rings. The van der Waals surface area contributed by atoms with Crippen molar-refractivity contribution >= 4 is 39.3 Å². The minimum absolute atomic E-state index is 0.166. The first kappa shape index (κ1) is 27.8. The van der Waals surface area contributed by atoms with Gasteiger partial charge in [0, 0.05) is 24.5 Å². The Bertz CT molecular complexity index is 1160. The van der Waals surface area contributed by atoms with Crippen LogP contribution >= 0.6 is 27.5 Å². The molecule has 0 radical (unpaired) electrons. The van der Waals surface area contributed by atoms with Gasteiger partial charge in [0.15, 0.2) is 6.61 Å². The van der Waals surface area contributed by atoms with E-state index in [-0.39, 0.29) is 18.4 Å². The number of hydrogen-bond donors (Lipinski definition) is 1. The maximum Gasteiger partial charge on any atom is 0.261 e. The van der Waals surface area contributed by atoms with E-state index in [9.17, 15) is 9.59 Å². The average molecular weight is 572 g/mol. The van der Waals surface area contributed by atoms with Crippen LogP contribution in [0, 0.1) is 6.92 Å². The molecule has 1 atom stereocenters. The summed E-state index contributed by atoms with van der Waals surface area (Å²) in [5, 5.41) is 3.59. The monoisotopic (exact) mass is 570 g/mol. The summed E-state index contributed by atoms with van der Waals surface area (Å²) >= 11 is 9.46. The molecule has 0 aliphatic heterocycles. The Morgan fingerprint density at radius 2 is 1.78 bits per heavy atom. The lowest BCUT2D eigenvalue weighted by Gasteiger charge is -2.31. The third-order valence-electron chi connectivity index (χ3n) is 5.78. The fourth-order valence-corrected chi connectivity index (χ4v) is 4.68. The molecule has 0 saturated carbocycles. The smallest absolute Gasteiger partial charge is 0.261 e. The van der Waals surface area contributed by atoms with Crippen molar-refractivity contribution in [3.63, 3.8) is 0 Å². The van der Waals surface area contributed by atoms with Crippen molar-refractivity contribution in [2.75, 3.05) is 13.2 Å². The molecule has 190 valence electrons. The van der Waals surface area contributed by atoms with Crippen LogP contribution < -0.4 is 10.1 Å². The van der Waals surface area contributed by atoms with Crippen LogP contribution in [0.15, 0.2) is 77.3 Å². The van der Waals surface area contributed by atoms with Crippen LogP contribution in [0.25, 0.3) is 0 Å². The molecular formula is C29H32BrClN2O3. The van der Waals surface area contributed by atoms with E-state index in [0.717, 1.165) is 29.5 Å². The van der Waals surface area contributed by atoms with Gasteiger partial charge in [0.1, 0.15) is 11.8 Å². The van der Waals surface area contributed by atoms with Crippen molar-refractivity contribution in [2.24, 2.45) is 0 Å². The van der Waals surface area contributed by atoms with Gasteiger partial charge in [0.05, 0.1) is 4.47 Å². The predicted octanol–water partition coefficient (Wildman–Crippen LogP) is 6.35. The highest BCUT2D eigenvalue weighted by Crippen LogP contribution is 2.28. The van der Waals surface area contributed by atoms with Crippen molar-refractivity contribution in [3.8, 4) is 5.75 Å². The van der Waals surface area contributed by atoms with Crippen molar-refractivity contribution in [1.29, 1.82) is 0 Å². The highest BCUT2D eigenvalue weighted by molar-refractivity contribution is 9.10. The van der Waals surface area contributed by atoms with Gasteiger partial charge in [-0.15, -0.1) is 0 Å². The van der Waals surface area contributed by atoms with Gasteiger partial charge in [-0.25, -0.2) is 0 Å². The van der Waals surface area contributed by atoms with Crippen LogP contribution in [0.5, 0.6) is 5.75 Å². The van der Waals surface area contributed by atoms with E-state index >= 15 is 0 Å². The third kappa shape index (κ3) is 8.38. The zero-order valence-corrected chi connectivity index (χ0v) is 23.0. The second kappa shape index (κ2) is 14.0. The van der Waals surface area contributed by atoms with E-state index in [0.29, 0.717) is 34.8 Å². The Balaban J connectivity index is 1.89. The summed E-state index contributed by atoms with van der Waals surface area (Å²) in [7, 11) is 0. The number of ether oxygens (including phenoxy) is 1. The van der Waals surface area contributed by atoms with Gasteiger partial charge in [-0.1, -0.05) is 85.1 Å². The van der Waals surface area contributed by atoms with Crippen molar-refractivity contribution in [3.05, 3.63) is 99.0 Å². The van der Waals surface area contributed by atoms with Crippen LogP contribution in [0.1, 0.15) is 36.5 Å². The number of amides is 2. The second-order valence-corrected chi connectivity index (χ2v) is 10.0. The molecule has 0 saturated heterocycles. The lowest BCUT2D eigenvalue weighted by atomic mass is 10.0. The molecule has 1 N–H and O–H groups in total. The van der Waals surface area contributed by atoms with E-state index in [1.165, 1.54) is 0 Å². The van der Waals surface area contributed by atoms with Gasteiger partial charge in [-0.2, -0.15) is 0 Å². The van der Waals surface area contributed by atoms with Crippen molar-refractivity contribution in [2.45, 2.75) is 45.7 Å². The first-order valence-corrected chi connectivity index (χ1v) is 13.3. The minimum atomic E-state index is -0.686. The quantitative estimate of drug-likeness (QED) is 0.258. The molecule has 0 spiro atoms. The molecule has 5 nitrogen and oxygen atoms in total. The van der Waals surface area contributed by atoms with Crippen LogP contribution in [0.4, 0.5) is 0 Å². The van der Waals surface area contributed by atoms with E-state index in [1.807, 2.05) is 61.5 Å². The molecule has 3 aromatic rings. The minimum Gasteiger partial charge on any atom is -0.483 e. The first-order chi connectivity index (χ1) is 17.4. The normalized spacial score (nSPS) is 11.6. The number of nitrogens with one attached hydrogen (secondary N) is 1. The number of nitrogens with zero attached hydrogens (tertiary/aromatic N) is 1. The van der Waals surface area contributed by atoms with Crippen LogP contribution in [0.2, 0.25) is 5.02 Å². The predicted molar refractivity (Wildman–Crippen MR) is 148 cm³/mol. The Morgan fingerprint density at radius 1 is 1.03 bits per heavy atom. The Kier molecular flexibility index (Phi) is 10.8. The highest BCUT2D eigenvalue weighted by Gasteiger charge is 2.30. The number of benzene rings is 3. The lowest BCUT2D eigenvalue weighted by molar-refractivity contribution is -0.142. The van der Waals surface area contributed by atoms with Gasteiger partial charge in [-0.05, 0) is 58.6 Å². The number of unbranched alkanes of at least 4 members (excludes halogenated alkanes) is 1. The van der Waals surface area contributed by atoms with Crippen LogP contribution in [-0.4, -0.2) is 35.9 Å². The first-order valence-electron chi connectivity index (χ1n) is 12.1. The summed E-state index contributed by atoms with van der Waals surface area (Å²) in [6.07, 6.45) is 2.25. The molecule has 0 aliphatic rings. The van der Waals surface area contributed by atoms with E-state index < -0.39 is 6.04 Å². The number of carbonyl (C=O) groups is 2. The maximum absolute atomic E-state index is 13.6. The van der Waals surface area contributed by atoms with Crippen LogP contribution in [-0.2, 0) is 22.6 Å². The zero-order valence-electron chi connectivity index (χ0n) is 20.7. The molecule has 1 unspecified atom stereocenters. The molecule has 36 heavy (non-hydrogen) atoms. The highest BCUT2D eigenvalue weighted by atomic mass is 79.9. The summed E-state index contributed by atoms with van der Waals surface area (Å²) in [6.45, 7) is 4.74. The maximum atomic E-state index is 13.6. The molecule has 0 bridgehead atoms. The topological polar surface area (TPSA) is 58.6 Å². The molecule has 7 heteroatoms. The van der Waals surface area contributed by atoms with Gasteiger partial charge >= 0.3 is 0 Å². The number of halogens is 2. The fraction of sp³-hybridized carbons (Fsp3) is 0.310. The fourth-order valence-electron chi connectivity index (χ4n) is 3.88. The number of rotatable bonds is 12. The molecule has 0 aromatic heterocycles. The molecular weight excluding hydrogens is 540 g/mol. The molecule has 3 rings (SSSR count). The van der Waals surface area contributed by atoms with Crippen molar-refractivity contribution < 1.29 is 14.3 Å². The Hall–Kier alpha value is -2.83. The average Bonchev–Trinajstić information content (AvgIpc) is 2.86.